The van der Waals surface area contributed by atoms with Gasteiger partial charge in [0.25, 0.3) is 0 Å². The average molecular weight is 549 g/mol. The predicted octanol–water partition coefficient (Wildman–Crippen LogP) is 5.12. The van der Waals surface area contributed by atoms with Crippen molar-refractivity contribution < 1.29 is 12.8 Å². The number of aryl methyl sites for hydroxylation is 1. The van der Waals surface area contributed by atoms with Crippen LogP contribution in [0.4, 0.5) is 4.39 Å². The van der Waals surface area contributed by atoms with Crippen molar-refractivity contribution in [3.05, 3.63) is 47.8 Å². The molecule has 2 aromatic carbocycles. The number of fused-ring (bicyclic) bond motifs is 2. The molecular weight excluding hydrogens is 511 g/mol. The molecule has 0 bridgehead atoms. The van der Waals surface area contributed by atoms with E-state index in [1.807, 2.05) is 17.7 Å². The number of sulfone groups is 1. The van der Waals surface area contributed by atoms with Crippen LogP contribution in [0.25, 0.3) is 22.4 Å². The van der Waals surface area contributed by atoms with Crippen LogP contribution < -0.4 is 0 Å². The summed E-state index contributed by atoms with van der Waals surface area (Å²) >= 11 is 0. The molecule has 5 fully saturated rings. The molecule has 3 aromatic rings. The topological polar surface area (TPSA) is 58.2 Å². The van der Waals surface area contributed by atoms with Gasteiger partial charge in [-0.2, -0.15) is 0 Å². The number of piperidine rings is 2. The van der Waals surface area contributed by atoms with Crippen LogP contribution in [0.15, 0.2) is 41.3 Å². The SMILES string of the molecule is Cn1c(-c2ccc(S(C)(=O)=O)cc2)nc2cc(F)c(C3CCN(C4CC5CC6(C7CCC7)C(C4)N56)CC3)cc21. The Morgan fingerprint density at radius 3 is 2.41 bits per heavy atom. The minimum Gasteiger partial charge on any atom is -0.327 e. The first-order chi connectivity index (χ1) is 18.7. The maximum Gasteiger partial charge on any atom is 0.175 e. The first kappa shape index (κ1) is 24.5. The highest BCUT2D eigenvalue weighted by molar-refractivity contribution is 7.90. The van der Waals surface area contributed by atoms with Crippen molar-refractivity contribution in [2.45, 2.75) is 85.8 Å². The third-order valence-corrected chi connectivity index (χ3v) is 12.3. The second-order valence-electron chi connectivity index (χ2n) is 13.0. The van der Waals surface area contributed by atoms with Crippen LogP contribution >= 0.6 is 0 Å². The smallest absolute Gasteiger partial charge is 0.175 e. The lowest BCUT2D eigenvalue weighted by atomic mass is 9.69. The molecule has 5 aliphatic rings. The van der Waals surface area contributed by atoms with Crippen molar-refractivity contribution in [1.82, 2.24) is 19.4 Å². The van der Waals surface area contributed by atoms with Gasteiger partial charge in [0.1, 0.15) is 11.6 Å². The fourth-order valence-electron chi connectivity index (χ4n) is 8.90. The lowest BCUT2D eigenvalue weighted by Crippen LogP contribution is -2.52. The molecule has 4 saturated heterocycles. The largest absolute Gasteiger partial charge is 0.327 e. The van der Waals surface area contributed by atoms with E-state index < -0.39 is 9.84 Å². The van der Waals surface area contributed by atoms with Gasteiger partial charge in [-0.1, -0.05) is 6.42 Å². The highest BCUT2D eigenvalue weighted by atomic mass is 32.2. The van der Waals surface area contributed by atoms with Crippen molar-refractivity contribution >= 4 is 20.9 Å². The van der Waals surface area contributed by atoms with Gasteiger partial charge in [-0.3, -0.25) is 4.90 Å². The van der Waals surface area contributed by atoms with Gasteiger partial charge in [0.2, 0.25) is 0 Å². The molecule has 5 unspecified atom stereocenters. The number of hydrogen-bond acceptors (Lipinski definition) is 5. The minimum absolute atomic E-state index is 0.160. The molecular formula is C31H37FN4O2S. The number of imidazole rings is 1. The molecule has 1 saturated carbocycles. The average Bonchev–Trinajstić information content (AvgIpc) is 3.33. The molecule has 4 aliphatic heterocycles. The maximum absolute atomic E-state index is 15.4. The van der Waals surface area contributed by atoms with Gasteiger partial charge in [-0.05, 0) is 106 Å². The molecule has 8 rings (SSSR count). The van der Waals surface area contributed by atoms with Gasteiger partial charge in [-0.15, -0.1) is 0 Å². The number of hydrogen-bond donors (Lipinski definition) is 0. The second-order valence-corrected chi connectivity index (χ2v) is 15.0. The normalized spacial score (nSPS) is 33.0. The molecule has 0 amide bonds. The van der Waals surface area contributed by atoms with Gasteiger partial charge in [0.05, 0.1) is 15.9 Å². The van der Waals surface area contributed by atoms with E-state index in [2.05, 4.69) is 9.80 Å². The Hall–Kier alpha value is -2.29. The van der Waals surface area contributed by atoms with Gasteiger partial charge >= 0.3 is 0 Å². The zero-order valence-electron chi connectivity index (χ0n) is 22.8. The van der Waals surface area contributed by atoms with Gasteiger partial charge in [0.15, 0.2) is 9.84 Å². The summed E-state index contributed by atoms with van der Waals surface area (Å²) in [5.74, 6) is 1.77. The molecule has 39 heavy (non-hydrogen) atoms. The van der Waals surface area contributed by atoms with Crippen LogP contribution in [-0.2, 0) is 16.9 Å². The standard InChI is InChI=1S/C31H37FN4O2S/c1-34-28-16-25(26(32)17-27(28)33-30(34)20-6-8-24(9-7-20)39(2,37)38)19-10-12-35(13-11-19)22-14-23-18-31(21-4-3-5-21)29(15-22)36(23)31/h6-9,16-17,19,21-23,29H,3-5,10-15,18H2,1-2H3. The molecule has 1 aromatic heterocycles. The van der Waals surface area contributed by atoms with E-state index >= 15 is 4.39 Å². The Labute approximate surface area is 230 Å². The summed E-state index contributed by atoms with van der Waals surface area (Å²) in [6.45, 7) is 2.12. The third-order valence-electron chi connectivity index (χ3n) is 11.2. The molecule has 5 heterocycles. The zero-order chi connectivity index (χ0) is 26.7. The molecule has 8 heteroatoms. The Balaban J connectivity index is 0.981. The van der Waals surface area contributed by atoms with Crippen molar-refractivity contribution in [2.75, 3.05) is 19.3 Å². The molecule has 0 radical (unpaired) electrons. The number of aromatic nitrogens is 2. The summed E-state index contributed by atoms with van der Waals surface area (Å²) in [6, 6.07) is 12.7. The van der Waals surface area contributed by atoms with E-state index in [0.717, 1.165) is 60.6 Å². The number of halogens is 1. The Morgan fingerprint density at radius 1 is 1.00 bits per heavy atom. The summed E-state index contributed by atoms with van der Waals surface area (Å²) in [5.41, 5.74) is 3.79. The van der Waals surface area contributed by atoms with Gasteiger partial charge in [-0.25, -0.2) is 17.8 Å². The molecule has 206 valence electrons. The van der Waals surface area contributed by atoms with Crippen LogP contribution in [0.5, 0.6) is 0 Å². The van der Waals surface area contributed by atoms with Crippen molar-refractivity contribution in [1.29, 1.82) is 0 Å². The fraction of sp³-hybridized carbons (Fsp3) is 0.581. The minimum atomic E-state index is -3.26. The van der Waals surface area contributed by atoms with Crippen molar-refractivity contribution in [3.63, 3.8) is 0 Å². The van der Waals surface area contributed by atoms with E-state index in [0.29, 0.717) is 22.9 Å². The highest BCUT2D eigenvalue weighted by Crippen LogP contribution is 2.69. The highest BCUT2D eigenvalue weighted by Gasteiger charge is 2.77. The lowest BCUT2D eigenvalue weighted by molar-refractivity contribution is 0.0355. The van der Waals surface area contributed by atoms with E-state index in [1.165, 1.54) is 44.8 Å². The Bertz CT molecular complexity index is 1570. The van der Waals surface area contributed by atoms with E-state index in [4.69, 9.17) is 4.98 Å². The summed E-state index contributed by atoms with van der Waals surface area (Å²) in [5, 5.41) is 0. The number of benzene rings is 2. The molecule has 0 N–H and O–H groups in total. The molecule has 5 atom stereocenters. The first-order valence-electron chi connectivity index (χ1n) is 14.7. The second kappa shape index (κ2) is 8.37. The van der Waals surface area contributed by atoms with E-state index in [9.17, 15) is 8.42 Å². The van der Waals surface area contributed by atoms with Gasteiger partial charge < -0.3 is 9.47 Å². The van der Waals surface area contributed by atoms with Crippen LogP contribution in [0.2, 0.25) is 0 Å². The monoisotopic (exact) mass is 548 g/mol. The maximum atomic E-state index is 15.4. The molecule has 6 nitrogen and oxygen atoms in total. The van der Waals surface area contributed by atoms with E-state index in [1.54, 1.807) is 30.3 Å². The van der Waals surface area contributed by atoms with Crippen molar-refractivity contribution in [2.24, 2.45) is 13.0 Å². The Kier molecular flexibility index (Phi) is 5.26. The van der Waals surface area contributed by atoms with Crippen LogP contribution in [0, 0.1) is 11.7 Å². The summed E-state index contributed by atoms with van der Waals surface area (Å²) in [4.78, 5) is 10.6. The van der Waals surface area contributed by atoms with E-state index in [-0.39, 0.29) is 16.6 Å². The first-order valence-corrected chi connectivity index (χ1v) is 16.6. The van der Waals surface area contributed by atoms with Crippen LogP contribution in [0.1, 0.15) is 62.8 Å². The number of nitrogens with zero attached hydrogens (tertiary/aromatic N) is 4. The lowest BCUT2D eigenvalue weighted by Gasteiger charge is -2.46. The van der Waals surface area contributed by atoms with Crippen LogP contribution in [0.3, 0.4) is 0 Å². The molecule has 1 aliphatic carbocycles. The van der Waals surface area contributed by atoms with Crippen molar-refractivity contribution in [3.8, 4) is 11.4 Å². The van der Waals surface area contributed by atoms with Crippen LogP contribution in [-0.4, -0.2) is 70.8 Å². The fourth-order valence-corrected chi connectivity index (χ4v) is 9.53. The quantitative estimate of drug-likeness (QED) is 0.415. The number of likely N-dealkylation sites (tertiary alicyclic amines) is 1. The Morgan fingerprint density at radius 2 is 1.74 bits per heavy atom. The molecule has 0 spiro atoms. The summed E-state index contributed by atoms with van der Waals surface area (Å²) in [7, 11) is -1.31. The van der Waals surface area contributed by atoms with Gasteiger partial charge in [0, 0.05) is 48.6 Å². The third kappa shape index (κ3) is 3.56. The number of rotatable bonds is 5. The summed E-state index contributed by atoms with van der Waals surface area (Å²) < 4.78 is 41.1. The predicted molar refractivity (Wildman–Crippen MR) is 150 cm³/mol. The summed E-state index contributed by atoms with van der Waals surface area (Å²) in [6.07, 6.45) is 11.7. The zero-order valence-corrected chi connectivity index (χ0v) is 23.6.